The number of thioether (sulfide) groups is 1. The summed E-state index contributed by atoms with van der Waals surface area (Å²) in [6.45, 7) is 8.48. The average molecular weight is 310 g/mol. The third kappa shape index (κ3) is 5.25. The van der Waals surface area contributed by atoms with Crippen molar-refractivity contribution in [2.45, 2.75) is 43.6 Å². The number of benzene rings is 1. The summed E-state index contributed by atoms with van der Waals surface area (Å²) in [5.41, 5.74) is 6.30. The van der Waals surface area contributed by atoms with Crippen LogP contribution in [0.2, 0.25) is 0 Å². The lowest BCUT2D eigenvalue weighted by atomic mass is 9.82. The number of carbonyl (C=O) groups is 1. The van der Waals surface area contributed by atoms with Crippen molar-refractivity contribution in [2.75, 3.05) is 19.3 Å². The average Bonchev–Trinajstić information content (AvgIpc) is 2.43. The fourth-order valence-corrected chi connectivity index (χ4v) is 2.75. The zero-order valence-corrected chi connectivity index (χ0v) is 14.3. The van der Waals surface area contributed by atoms with Gasteiger partial charge in [-0.2, -0.15) is 0 Å². The number of carbonyl (C=O) groups excluding carboxylic acids is 1. The number of amides is 1. The Morgan fingerprint density at radius 3 is 2.43 bits per heavy atom. The van der Waals surface area contributed by atoms with E-state index in [2.05, 4.69) is 24.4 Å². The van der Waals surface area contributed by atoms with Gasteiger partial charge in [0.2, 0.25) is 0 Å². The maximum atomic E-state index is 11.8. The van der Waals surface area contributed by atoms with E-state index in [1.54, 1.807) is 11.8 Å². The third-order valence-electron chi connectivity index (χ3n) is 3.23. The van der Waals surface area contributed by atoms with Gasteiger partial charge in [0.15, 0.2) is 0 Å². The number of rotatable bonds is 5. The van der Waals surface area contributed by atoms with E-state index < -0.39 is 11.7 Å². The van der Waals surface area contributed by atoms with Crippen molar-refractivity contribution in [3.8, 4) is 0 Å². The van der Waals surface area contributed by atoms with Crippen LogP contribution in [0.3, 0.4) is 0 Å². The molecule has 1 aromatic carbocycles. The van der Waals surface area contributed by atoms with E-state index in [1.165, 1.54) is 4.90 Å². The molecule has 0 saturated carbocycles. The number of hydrogen-bond acceptors (Lipinski definition) is 4. The monoisotopic (exact) mass is 310 g/mol. The Kier molecular flexibility index (Phi) is 6.10. The number of ether oxygens (including phenoxy) is 1. The lowest BCUT2D eigenvalue weighted by Crippen LogP contribution is -2.45. The van der Waals surface area contributed by atoms with E-state index in [4.69, 9.17) is 10.5 Å². The lowest BCUT2D eigenvalue weighted by molar-refractivity contribution is 0.0516. The Morgan fingerprint density at radius 1 is 1.29 bits per heavy atom. The Labute approximate surface area is 131 Å². The molecule has 5 heteroatoms. The fourth-order valence-electron chi connectivity index (χ4n) is 2.00. The van der Waals surface area contributed by atoms with Crippen LogP contribution >= 0.6 is 11.8 Å². The number of nitrogens with two attached hydrogens (primary N) is 1. The molecule has 1 unspecified atom stereocenters. The molecule has 0 spiro atoms. The Hall–Kier alpha value is -1.20. The first-order valence-corrected chi connectivity index (χ1v) is 8.25. The molecule has 21 heavy (non-hydrogen) atoms. The van der Waals surface area contributed by atoms with Crippen molar-refractivity contribution in [1.29, 1.82) is 0 Å². The van der Waals surface area contributed by atoms with Crippen molar-refractivity contribution < 1.29 is 9.53 Å². The van der Waals surface area contributed by atoms with Gasteiger partial charge in [-0.3, -0.25) is 0 Å². The Bertz CT molecular complexity index is 485. The highest BCUT2D eigenvalue weighted by Crippen LogP contribution is 2.30. The van der Waals surface area contributed by atoms with Crippen LogP contribution in [0.15, 0.2) is 29.2 Å². The summed E-state index contributed by atoms with van der Waals surface area (Å²) >= 11 is 1.68. The van der Waals surface area contributed by atoms with Crippen LogP contribution in [0.25, 0.3) is 0 Å². The molecule has 1 amide bonds. The predicted molar refractivity (Wildman–Crippen MR) is 88.9 cm³/mol. The molecule has 0 aliphatic heterocycles. The molecule has 0 aliphatic rings. The van der Waals surface area contributed by atoms with Crippen molar-refractivity contribution in [3.05, 3.63) is 29.8 Å². The molecule has 4 nitrogen and oxygen atoms in total. The van der Waals surface area contributed by atoms with Gasteiger partial charge in [0.25, 0.3) is 0 Å². The molecule has 118 valence electrons. The van der Waals surface area contributed by atoms with Crippen LogP contribution in [0.1, 0.15) is 33.3 Å². The normalized spacial score (nSPS) is 14.4. The minimum Gasteiger partial charge on any atom is -0.444 e. The highest BCUT2D eigenvalue weighted by molar-refractivity contribution is 7.98. The van der Waals surface area contributed by atoms with E-state index in [9.17, 15) is 4.79 Å². The van der Waals surface area contributed by atoms with Gasteiger partial charge in [0, 0.05) is 23.4 Å². The first kappa shape index (κ1) is 17.9. The molecule has 0 radical (unpaired) electrons. The van der Waals surface area contributed by atoms with Crippen LogP contribution < -0.4 is 11.1 Å². The summed E-state index contributed by atoms with van der Waals surface area (Å²) in [6.07, 6.45) is 1.63. The highest BCUT2D eigenvalue weighted by atomic mass is 32.2. The van der Waals surface area contributed by atoms with Gasteiger partial charge in [0.05, 0.1) is 0 Å². The van der Waals surface area contributed by atoms with Gasteiger partial charge in [-0.1, -0.05) is 25.1 Å². The number of nitrogens with one attached hydrogen (secondary N) is 1. The molecule has 0 fully saturated rings. The van der Waals surface area contributed by atoms with Gasteiger partial charge < -0.3 is 15.8 Å². The Balaban J connectivity index is 2.83. The van der Waals surface area contributed by atoms with Gasteiger partial charge in [-0.05, 0) is 38.7 Å². The largest absolute Gasteiger partial charge is 0.444 e. The second-order valence-electron chi connectivity index (χ2n) is 6.32. The third-order valence-corrected chi connectivity index (χ3v) is 4.03. The van der Waals surface area contributed by atoms with Crippen LogP contribution in [-0.2, 0) is 10.2 Å². The van der Waals surface area contributed by atoms with E-state index in [-0.39, 0.29) is 5.41 Å². The second kappa shape index (κ2) is 7.18. The van der Waals surface area contributed by atoms with Crippen LogP contribution in [0, 0.1) is 0 Å². The van der Waals surface area contributed by atoms with Crippen LogP contribution in [0.5, 0.6) is 0 Å². The molecular weight excluding hydrogens is 284 g/mol. The minimum absolute atomic E-state index is 0.323. The van der Waals surface area contributed by atoms with Gasteiger partial charge in [-0.25, -0.2) is 4.79 Å². The van der Waals surface area contributed by atoms with Crippen molar-refractivity contribution in [2.24, 2.45) is 5.73 Å². The number of hydrogen-bond donors (Lipinski definition) is 2. The van der Waals surface area contributed by atoms with E-state index >= 15 is 0 Å². The van der Waals surface area contributed by atoms with Gasteiger partial charge in [0.1, 0.15) is 5.60 Å². The zero-order chi connectivity index (χ0) is 16.1. The molecule has 3 N–H and O–H groups in total. The molecular formula is C16H26N2O2S. The summed E-state index contributed by atoms with van der Waals surface area (Å²) in [5.74, 6) is 0. The maximum Gasteiger partial charge on any atom is 0.407 e. The summed E-state index contributed by atoms with van der Waals surface area (Å²) in [5, 5.41) is 2.83. The summed E-state index contributed by atoms with van der Waals surface area (Å²) < 4.78 is 5.27. The lowest BCUT2D eigenvalue weighted by Gasteiger charge is -2.31. The SMILES string of the molecule is CSc1ccccc1C(C)(CN)CNC(=O)OC(C)(C)C. The van der Waals surface area contributed by atoms with Crippen molar-refractivity contribution in [3.63, 3.8) is 0 Å². The van der Waals surface area contributed by atoms with Gasteiger partial charge >= 0.3 is 6.09 Å². The molecule has 0 bridgehead atoms. The molecule has 0 heterocycles. The number of alkyl carbamates (subject to hydrolysis) is 1. The van der Waals surface area contributed by atoms with E-state index in [0.717, 1.165) is 5.56 Å². The highest BCUT2D eigenvalue weighted by Gasteiger charge is 2.29. The second-order valence-corrected chi connectivity index (χ2v) is 7.17. The van der Waals surface area contributed by atoms with Crippen molar-refractivity contribution in [1.82, 2.24) is 5.32 Å². The maximum absolute atomic E-state index is 11.8. The smallest absolute Gasteiger partial charge is 0.407 e. The molecule has 0 aliphatic carbocycles. The summed E-state index contributed by atoms with van der Waals surface area (Å²) in [7, 11) is 0. The minimum atomic E-state index is -0.500. The molecule has 0 aromatic heterocycles. The molecule has 1 aromatic rings. The molecule has 1 rings (SSSR count). The molecule has 1 atom stereocenters. The zero-order valence-electron chi connectivity index (χ0n) is 13.5. The van der Waals surface area contributed by atoms with E-state index in [1.807, 2.05) is 39.2 Å². The van der Waals surface area contributed by atoms with Crippen LogP contribution in [0.4, 0.5) is 4.79 Å². The first-order chi connectivity index (χ1) is 9.72. The van der Waals surface area contributed by atoms with Gasteiger partial charge in [-0.15, -0.1) is 11.8 Å². The van der Waals surface area contributed by atoms with E-state index in [0.29, 0.717) is 13.1 Å². The predicted octanol–water partition coefficient (Wildman–Crippen LogP) is 3.15. The van der Waals surface area contributed by atoms with Crippen molar-refractivity contribution >= 4 is 17.9 Å². The van der Waals surface area contributed by atoms with Crippen LogP contribution in [-0.4, -0.2) is 31.0 Å². The summed E-state index contributed by atoms with van der Waals surface area (Å²) in [6, 6.07) is 8.14. The standard InChI is InChI=1S/C16H26N2O2S/c1-15(2,3)20-14(19)18-11-16(4,10-17)12-8-6-7-9-13(12)21-5/h6-9H,10-11,17H2,1-5H3,(H,18,19). The first-order valence-electron chi connectivity index (χ1n) is 7.02. The quantitative estimate of drug-likeness (QED) is 0.820. The summed E-state index contributed by atoms with van der Waals surface area (Å²) in [4.78, 5) is 13.0. The molecule has 0 saturated heterocycles. The fraction of sp³-hybridized carbons (Fsp3) is 0.562. The topological polar surface area (TPSA) is 64.3 Å². The Morgan fingerprint density at radius 2 is 1.90 bits per heavy atom.